The quantitative estimate of drug-likeness (QED) is 0.829. The first kappa shape index (κ1) is 18.3. The summed E-state index contributed by atoms with van der Waals surface area (Å²) in [5, 5.41) is 6.19. The lowest BCUT2D eigenvalue weighted by molar-refractivity contribution is -0.114. The van der Waals surface area contributed by atoms with Gasteiger partial charge in [0.1, 0.15) is 0 Å². The third-order valence-corrected chi connectivity index (χ3v) is 4.59. The first-order valence-electron chi connectivity index (χ1n) is 8.78. The lowest BCUT2D eigenvalue weighted by Gasteiger charge is -2.19. The van der Waals surface area contributed by atoms with E-state index in [2.05, 4.69) is 15.5 Å². The molecule has 2 N–H and O–H groups in total. The molecule has 6 heteroatoms. The Morgan fingerprint density at radius 3 is 2.62 bits per heavy atom. The minimum absolute atomic E-state index is 0.0808. The van der Waals surface area contributed by atoms with E-state index in [0.717, 1.165) is 49.5 Å². The van der Waals surface area contributed by atoms with E-state index in [9.17, 15) is 13.6 Å². The molecule has 3 rings (SSSR count). The predicted octanol–water partition coefficient (Wildman–Crippen LogP) is 3.54. The summed E-state index contributed by atoms with van der Waals surface area (Å²) in [7, 11) is 0. The zero-order valence-electron chi connectivity index (χ0n) is 14.8. The highest BCUT2D eigenvalue weighted by atomic mass is 19.2. The van der Waals surface area contributed by atoms with Crippen LogP contribution in [-0.4, -0.2) is 25.5 Å². The smallest absolute Gasteiger partial charge is 0.221 e. The number of rotatable bonds is 6. The fourth-order valence-electron chi connectivity index (χ4n) is 3.25. The number of benzene rings is 2. The summed E-state index contributed by atoms with van der Waals surface area (Å²) in [4.78, 5) is 13.1. The van der Waals surface area contributed by atoms with E-state index in [1.807, 2.05) is 24.3 Å². The number of amides is 1. The molecule has 2 aromatic rings. The number of nitrogens with one attached hydrogen (secondary N) is 2. The van der Waals surface area contributed by atoms with Crippen molar-refractivity contribution in [1.82, 2.24) is 5.32 Å². The molecule has 1 atom stereocenters. The van der Waals surface area contributed by atoms with Crippen LogP contribution in [0, 0.1) is 17.6 Å². The van der Waals surface area contributed by atoms with Crippen molar-refractivity contribution in [2.45, 2.75) is 19.9 Å². The van der Waals surface area contributed by atoms with Crippen LogP contribution in [0.2, 0.25) is 0 Å². The first-order chi connectivity index (χ1) is 12.5. The van der Waals surface area contributed by atoms with Gasteiger partial charge >= 0.3 is 0 Å². The van der Waals surface area contributed by atoms with Gasteiger partial charge in [-0.2, -0.15) is 0 Å². The summed E-state index contributed by atoms with van der Waals surface area (Å²) in [5.74, 6) is -1.22. The highest BCUT2D eigenvalue weighted by molar-refractivity contribution is 5.88. The highest BCUT2D eigenvalue weighted by Crippen LogP contribution is 2.25. The molecule has 1 amide bonds. The van der Waals surface area contributed by atoms with Crippen LogP contribution in [0.1, 0.15) is 18.9 Å². The molecule has 0 saturated carbocycles. The third-order valence-electron chi connectivity index (χ3n) is 4.59. The molecule has 1 aliphatic rings. The Hall–Kier alpha value is -2.47. The second kappa shape index (κ2) is 8.27. The summed E-state index contributed by atoms with van der Waals surface area (Å²) < 4.78 is 26.4. The molecule has 0 unspecified atom stereocenters. The van der Waals surface area contributed by atoms with Crippen LogP contribution in [0.4, 0.5) is 20.2 Å². The molecule has 138 valence electrons. The second-order valence-corrected chi connectivity index (χ2v) is 6.71. The van der Waals surface area contributed by atoms with Crippen LogP contribution >= 0.6 is 0 Å². The lowest BCUT2D eigenvalue weighted by Crippen LogP contribution is -2.26. The molecule has 0 bridgehead atoms. The Balaban J connectivity index is 1.44. The van der Waals surface area contributed by atoms with Gasteiger partial charge in [0.25, 0.3) is 0 Å². The van der Waals surface area contributed by atoms with Crippen molar-refractivity contribution in [2.24, 2.45) is 5.92 Å². The molecule has 0 radical (unpaired) electrons. The van der Waals surface area contributed by atoms with Gasteiger partial charge in [-0.3, -0.25) is 4.79 Å². The molecular weight excluding hydrogens is 336 g/mol. The molecule has 1 aliphatic heterocycles. The van der Waals surface area contributed by atoms with E-state index in [0.29, 0.717) is 5.92 Å². The maximum absolute atomic E-state index is 13.4. The average molecular weight is 359 g/mol. The van der Waals surface area contributed by atoms with Crippen LogP contribution in [0.5, 0.6) is 0 Å². The molecule has 4 nitrogen and oxygen atoms in total. The number of halogens is 2. The largest absolute Gasteiger partial charge is 0.371 e. The van der Waals surface area contributed by atoms with Crippen LogP contribution in [0.25, 0.3) is 0 Å². The maximum Gasteiger partial charge on any atom is 0.221 e. The molecule has 0 spiro atoms. The van der Waals surface area contributed by atoms with Crippen molar-refractivity contribution in [3.05, 3.63) is 59.7 Å². The maximum atomic E-state index is 13.4. The summed E-state index contributed by atoms with van der Waals surface area (Å²) in [6.07, 6.45) is 1.02. The van der Waals surface area contributed by atoms with Gasteiger partial charge < -0.3 is 15.5 Å². The lowest BCUT2D eigenvalue weighted by atomic mass is 10.1. The Morgan fingerprint density at radius 1 is 1.15 bits per heavy atom. The van der Waals surface area contributed by atoms with Crippen molar-refractivity contribution >= 4 is 17.3 Å². The van der Waals surface area contributed by atoms with E-state index in [1.165, 1.54) is 19.1 Å². The molecule has 1 heterocycles. The van der Waals surface area contributed by atoms with E-state index < -0.39 is 11.6 Å². The summed E-state index contributed by atoms with van der Waals surface area (Å²) in [6.45, 7) is 4.79. The number of hydrogen-bond donors (Lipinski definition) is 2. The van der Waals surface area contributed by atoms with Gasteiger partial charge in [-0.05, 0) is 42.2 Å². The van der Waals surface area contributed by atoms with E-state index in [4.69, 9.17) is 0 Å². The second-order valence-electron chi connectivity index (χ2n) is 6.71. The molecule has 2 aromatic carbocycles. The minimum atomic E-state index is -0.810. The monoisotopic (exact) mass is 359 g/mol. The van der Waals surface area contributed by atoms with Crippen LogP contribution in [-0.2, 0) is 11.3 Å². The zero-order valence-corrected chi connectivity index (χ0v) is 14.8. The molecule has 0 aliphatic carbocycles. The molecule has 1 saturated heterocycles. The van der Waals surface area contributed by atoms with Gasteiger partial charge in [0, 0.05) is 50.5 Å². The fourth-order valence-corrected chi connectivity index (χ4v) is 3.25. The van der Waals surface area contributed by atoms with Crippen molar-refractivity contribution < 1.29 is 13.6 Å². The van der Waals surface area contributed by atoms with Gasteiger partial charge in [0.2, 0.25) is 5.91 Å². The number of carbonyl (C=O) groups is 1. The summed E-state index contributed by atoms with van der Waals surface area (Å²) in [6, 6.07) is 11.8. The predicted molar refractivity (Wildman–Crippen MR) is 99.1 cm³/mol. The van der Waals surface area contributed by atoms with Gasteiger partial charge in [0.15, 0.2) is 11.6 Å². The van der Waals surface area contributed by atoms with E-state index >= 15 is 0 Å². The van der Waals surface area contributed by atoms with Crippen LogP contribution < -0.4 is 15.5 Å². The van der Waals surface area contributed by atoms with Crippen molar-refractivity contribution in [3.8, 4) is 0 Å². The topological polar surface area (TPSA) is 44.4 Å². The van der Waals surface area contributed by atoms with Gasteiger partial charge in [-0.25, -0.2) is 8.78 Å². The Morgan fingerprint density at radius 2 is 1.92 bits per heavy atom. The number of carbonyl (C=O) groups excluding carboxylic acids is 1. The van der Waals surface area contributed by atoms with Crippen LogP contribution in [0.3, 0.4) is 0 Å². The van der Waals surface area contributed by atoms with Gasteiger partial charge in [-0.15, -0.1) is 0 Å². The molecule has 0 aromatic heterocycles. The fraction of sp³-hybridized carbons (Fsp3) is 0.350. The number of nitrogens with zero attached hydrogens (tertiary/aromatic N) is 1. The zero-order chi connectivity index (χ0) is 18.5. The van der Waals surface area contributed by atoms with E-state index in [-0.39, 0.29) is 5.91 Å². The van der Waals surface area contributed by atoms with Crippen molar-refractivity contribution in [3.63, 3.8) is 0 Å². The summed E-state index contributed by atoms with van der Waals surface area (Å²) in [5.41, 5.74) is 2.67. The Labute approximate surface area is 152 Å². The average Bonchev–Trinajstić information content (AvgIpc) is 3.07. The number of hydrogen-bond acceptors (Lipinski definition) is 3. The third kappa shape index (κ3) is 4.79. The van der Waals surface area contributed by atoms with Gasteiger partial charge in [-0.1, -0.05) is 12.1 Å². The van der Waals surface area contributed by atoms with Crippen LogP contribution in [0.15, 0.2) is 42.5 Å². The Bertz CT molecular complexity index is 764. The molecule has 26 heavy (non-hydrogen) atoms. The first-order valence-corrected chi connectivity index (χ1v) is 8.78. The van der Waals surface area contributed by atoms with Crippen molar-refractivity contribution in [1.29, 1.82) is 0 Å². The highest BCUT2D eigenvalue weighted by Gasteiger charge is 2.23. The standard InChI is InChI=1S/C20H23F2N3O/c1-14(26)24-17-4-2-15(3-5-17)11-23-12-16-8-9-25(13-16)18-6-7-19(21)20(22)10-18/h2-7,10,16,23H,8-9,11-13H2,1H3,(H,24,26)/t16-/m0/s1. The Kier molecular flexibility index (Phi) is 5.83. The SMILES string of the molecule is CC(=O)Nc1ccc(CNC[C@@H]2CCN(c3ccc(F)c(F)c3)C2)cc1. The summed E-state index contributed by atoms with van der Waals surface area (Å²) >= 11 is 0. The van der Waals surface area contributed by atoms with Gasteiger partial charge in [0.05, 0.1) is 0 Å². The number of anilines is 2. The minimum Gasteiger partial charge on any atom is -0.371 e. The molecular formula is C20H23F2N3O. The normalized spacial score (nSPS) is 16.7. The molecule has 1 fully saturated rings. The van der Waals surface area contributed by atoms with Crippen molar-refractivity contribution in [2.75, 3.05) is 29.9 Å². The van der Waals surface area contributed by atoms with E-state index in [1.54, 1.807) is 6.07 Å².